The van der Waals surface area contributed by atoms with Gasteiger partial charge in [0, 0.05) is 22.9 Å². The summed E-state index contributed by atoms with van der Waals surface area (Å²) in [5.41, 5.74) is 9.08. The van der Waals surface area contributed by atoms with Crippen LogP contribution < -0.4 is 5.73 Å². The standard InChI is InChI=1S/C25H29NO2/c1-24-11-9-18(27)13-16(24)14-19(15-3-5-17(26)6-4-15)23-20-7-8-22(28)25(20,2)12-10-21(23)24/h3-6,9,11,13,19-21,23H,7-8,10,12,14,26H2,1-2H3/t19-,20+,21+,23+,24+,25+/m1/s1. The molecule has 0 amide bonds. The summed E-state index contributed by atoms with van der Waals surface area (Å²) in [6, 6.07) is 8.29. The van der Waals surface area contributed by atoms with E-state index in [1.165, 1.54) is 11.1 Å². The molecule has 3 nitrogen and oxygen atoms in total. The summed E-state index contributed by atoms with van der Waals surface area (Å²) in [4.78, 5) is 25.0. The summed E-state index contributed by atoms with van der Waals surface area (Å²) in [5.74, 6) is 2.30. The van der Waals surface area contributed by atoms with E-state index in [-0.39, 0.29) is 16.6 Å². The van der Waals surface area contributed by atoms with Gasteiger partial charge in [-0.25, -0.2) is 0 Å². The van der Waals surface area contributed by atoms with Crippen LogP contribution in [0, 0.1) is 28.6 Å². The van der Waals surface area contributed by atoms with Gasteiger partial charge >= 0.3 is 0 Å². The fourth-order valence-corrected chi connectivity index (χ4v) is 7.06. The van der Waals surface area contributed by atoms with E-state index in [2.05, 4.69) is 32.1 Å². The molecule has 4 aliphatic rings. The molecular formula is C25H29NO2. The molecule has 146 valence electrons. The van der Waals surface area contributed by atoms with Gasteiger partial charge in [0.2, 0.25) is 0 Å². The Bertz CT molecular complexity index is 911. The first-order valence-corrected chi connectivity index (χ1v) is 10.7. The van der Waals surface area contributed by atoms with Gasteiger partial charge in [-0.2, -0.15) is 0 Å². The number of anilines is 1. The van der Waals surface area contributed by atoms with Crippen molar-refractivity contribution in [3.8, 4) is 0 Å². The van der Waals surface area contributed by atoms with Crippen molar-refractivity contribution >= 4 is 17.3 Å². The molecular weight excluding hydrogens is 346 g/mol. The lowest BCUT2D eigenvalue weighted by Gasteiger charge is -2.58. The Morgan fingerprint density at radius 1 is 1.04 bits per heavy atom. The average molecular weight is 376 g/mol. The molecule has 28 heavy (non-hydrogen) atoms. The number of nitrogen functional groups attached to an aromatic ring is 1. The van der Waals surface area contributed by atoms with Crippen LogP contribution in [0.2, 0.25) is 0 Å². The van der Waals surface area contributed by atoms with E-state index in [4.69, 9.17) is 5.73 Å². The number of nitrogens with two attached hydrogens (primary N) is 1. The molecule has 0 heterocycles. The van der Waals surface area contributed by atoms with Crippen LogP contribution in [0.3, 0.4) is 0 Å². The number of fused-ring (bicyclic) bond motifs is 5. The predicted octanol–water partition coefficient (Wildman–Crippen LogP) is 4.84. The molecule has 0 radical (unpaired) electrons. The van der Waals surface area contributed by atoms with Gasteiger partial charge in [-0.15, -0.1) is 0 Å². The SMILES string of the molecule is C[C@]12C=CC(=O)C=C1C[C@H](c1ccc(N)cc1)[C@@H]1[C@@H]2CC[C@]2(C)C(=O)CC[C@@H]12. The van der Waals surface area contributed by atoms with E-state index < -0.39 is 0 Å². The maximum atomic E-state index is 12.8. The molecule has 3 fully saturated rings. The fraction of sp³-hybridized carbons (Fsp3) is 0.520. The molecule has 0 spiro atoms. The van der Waals surface area contributed by atoms with E-state index in [1.54, 1.807) is 6.08 Å². The summed E-state index contributed by atoms with van der Waals surface area (Å²) in [6.07, 6.45) is 10.5. The summed E-state index contributed by atoms with van der Waals surface area (Å²) < 4.78 is 0. The highest BCUT2D eigenvalue weighted by molar-refractivity contribution is 6.01. The van der Waals surface area contributed by atoms with Gasteiger partial charge in [-0.1, -0.05) is 37.6 Å². The molecule has 6 atom stereocenters. The van der Waals surface area contributed by atoms with Crippen LogP contribution in [0.4, 0.5) is 5.69 Å². The van der Waals surface area contributed by atoms with E-state index in [0.717, 1.165) is 37.8 Å². The van der Waals surface area contributed by atoms with Crippen molar-refractivity contribution in [3.05, 3.63) is 53.6 Å². The lowest BCUT2D eigenvalue weighted by molar-refractivity contribution is -0.132. The number of hydrogen-bond donors (Lipinski definition) is 1. The number of benzene rings is 1. The van der Waals surface area contributed by atoms with Crippen molar-refractivity contribution in [2.24, 2.45) is 28.6 Å². The molecule has 1 aromatic carbocycles. The third-order valence-electron chi connectivity index (χ3n) is 8.68. The van der Waals surface area contributed by atoms with Crippen molar-refractivity contribution in [1.29, 1.82) is 0 Å². The van der Waals surface area contributed by atoms with Gasteiger partial charge in [-0.3, -0.25) is 9.59 Å². The minimum atomic E-state index is -0.168. The van der Waals surface area contributed by atoms with E-state index in [0.29, 0.717) is 29.5 Å². The minimum Gasteiger partial charge on any atom is -0.399 e. The molecule has 4 aliphatic carbocycles. The van der Waals surface area contributed by atoms with Gasteiger partial charge < -0.3 is 5.73 Å². The van der Waals surface area contributed by atoms with Crippen LogP contribution in [0.25, 0.3) is 0 Å². The Morgan fingerprint density at radius 2 is 1.79 bits per heavy atom. The molecule has 2 N–H and O–H groups in total. The molecule has 5 rings (SSSR count). The smallest absolute Gasteiger partial charge is 0.178 e. The van der Waals surface area contributed by atoms with Gasteiger partial charge in [-0.05, 0) is 79.2 Å². The molecule has 0 aliphatic heterocycles. The second-order valence-corrected chi connectivity index (χ2v) is 9.87. The molecule has 0 saturated heterocycles. The summed E-state index contributed by atoms with van der Waals surface area (Å²) >= 11 is 0. The van der Waals surface area contributed by atoms with Gasteiger partial charge in [0.05, 0.1) is 0 Å². The third kappa shape index (κ3) is 2.34. The zero-order valence-electron chi connectivity index (χ0n) is 16.8. The Hall–Kier alpha value is -2.16. The summed E-state index contributed by atoms with van der Waals surface area (Å²) in [5, 5.41) is 0. The van der Waals surface area contributed by atoms with E-state index in [9.17, 15) is 9.59 Å². The molecule has 1 aromatic rings. The van der Waals surface area contributed by atoms with Crippen LogP contribution in [-0.4, -0.2) is 11.6 Å². The van der Waals surface area contributed by atoms with Crippen LogP contribution in [0.1, 0.15) is 57.4 Å². The molecule has 0 bridgehead atoms. The maximum Gasteiger partial charge on any atom is 0.178 e. The van der Waals surface area contributed by atoms with Gasteiger partial charge in [0.1, 0.15) is 5.78 Å². The first-order chi connectivity index (χ1) is 13.3. The average Bonchev–Trinajstić information content (AvgIpc) is 2.98. The second kappa shape index (κ2) is 5.92. The van der Waals surface area contributed by atoms with Gasteiger partial charge in [0.25, 0.3) is 0 Å². The number of hydrogen-bond acceptors (Lipinski definition) is 3. The summed E-state index contributed by atoms with van der Waals surface area (Å²) in [6.45, 7) is 4.54. The van der Waals surface area contributed by atoms with Crippen LogP contribution in [0.5, 0.6) is 0 Å². The normalized spacial score (nSPS) is 41.9. The predicted molar refractivity (Wildman–Crippen MR) is 111 cm³/mol. The molecule has 3 heteroatoms. The van der Waals surface area contributed by atoms with Crippen LogP contribution in [0.15, 0.2) is 48.1 Å². The number of Topliss-reactive ketones (excluding diaryl/α,β-unsaturated/α-hetero) is 1. The highest BCUT2D eigenvalue weighted by Gasteiger charge is 2.61. The van der Waals surface area contributed by atoms with Gasteiger partial charge in [0.15, 0.2) is 5.78 Å². The molecule has 0 aromatic heterocycles. The first-order valence-electron chi connectivity index (χ1n) is 10.7. The summed E-state index contributed by atoms with van der Waals surface area (Å²) in [7, 11) is 0. The largest absolute Gasteiger partial charge is 0.399 e. The Balaban J connectivity index is 1.64. The number of rotatable bonds is 1. The second-order valence-electron chi connectivity index (χ2n) is 9.87. The fourth-order valence-electron chi connectivity index (χ4n) is 7.06. The van der Waals surface area contributed by atoms with Crippen LogP contribution in [-0.2, 0) is 9.59 Å². The first kappa shape index (κ1) is 17.9. The lowest BCUT2D eigenvalue weighted by atomic mass is 9.45. The Morgan fingerprint density at radius 3 is 2.54 bits per heavy atom. The topological polar surface area (TPSA) is 60.2 Å². The number of carbonyl (C=O) groups is 2. The van der Waals surface area contributed by atoms with Crippen molar-refractivity contribution in [1.82, 2.24) is 0 Å². The molecule has 0 unspecified atom stereocenters. The van der Waals surface area contributed by atoms with E-state index >= 15 is 0 Å². The Labute approximate surface area is 167 Å². The lowest BCUT2D eigenvalue weighted by Crippen LogP contribution is -2.52. The van der Waals surface area contributed by atoms with Crippen LogP contribution >= 0.6 is 0 Å². The van der Waals surface area contributed by atoms with E-state index in [1.807, 2.05) is 18.2 Å². The van der Waals surface area contributed by atoms with Crippen molar-refractivity contribution in [3.63, 3.8) is 0 Å². The van der Waals surface area contributed by atoms with Crippen molar-refractivity contribution < 1.29 is 9.59 Å². The number of ketones is 2. The number of allylic oxidation sites excluding steroid dienone is 4. The zero-order valence-corrected chi connectivity index (χ0v) is 16.8. The zero-order chi connectivity index (χ0) is 19.7. The quantitative estimate of drug-likeness (QED) is 0.715. The molecule has 3 saturated carbocycles. The van der Waals surface area contributed by atoms with Crippen molar-refractivity contribution in [2.45, 2.75) is 51.9 Å². The van der Waals surface area contributed by atoms with Crippen molar-refractivity contribution in [2.75, 3.05) is 5.73 Å². The highest BCUT2D eigenvalue weighted by Crippen LogP contribution is 2.66. The monoisotopic (exact) mass is 375 g/mol. The third-order valence-corrected chi connectivity index (χ3v) is 8.68. The maximum absolute atomic E-state index is 12.8. The highest BCUT2D eigenvalue weighted by atomic mass is 16.1. The number of carbonyl (C=O) groups excluding carboxylic acids is 2. The minimum absolute atomic E-state index is 0.0597. The Kier molecular flexibility index (Phi) is 3.78.